The van der Waals surface area contributed by atoms with E-state index in [-0.39, 0.29) is 12.5 Å². The van der Waals surface area contributed by atoms with Crippen molar-refractivity contribution in [3.63, 3.8) is 0 Å². The van der Waals surface area contributed by atoms with E-state index >= 15 is 0 Å². The minimum atomic E-state index is -0.520. The Hall–Kier alpha value is -3.40. The number of furan rings is 1. The van der Waals surface area contributed by atoms with Gasteiger partial charge in [-0.2, -0.15) is 5.10 Å². The van der Waals surface area contributed by atoms with E-state index < -0.39 is 5.97 Å². The van der Waals surface area contributed by atoms with Gasteiger partial charge in [0.15, 0.2) is 6.61 Å². The van der Waals surface area contributed by atoms with E-state index in [1.54, 1.807) is 48.5 Å². The van der Waals surface area contributed by atoms with Crippen molar-refractivity contribution in [3.8, 4) is 11.5 Å². The maximum atomic E-state index is 11.8. The summed E-state index contributed by atoms with van der Waals surface area (Å²) in [7, 11) is 0. The van der Waals surface area contributed by atoms with E-state index in [0.717, 1.165) is 9.13 Å². The molecule has 0 unspecified atom stereocenters. The molecule has 1 N–H and O–H groups in total. The topological polar surface area (TPSA) is 90.1 Å². The van der Waals surface area contributed by atoms with Gasteiger partial charge in [-0.15, -0.1) is 0 Å². The fourth-order valence-corrected chi connectivity index (χ4v) is 2.56. The molecule has 0 aliphatic rings. The number of hydrogen-bond donors (Lipinski definition) is 1. The van der Waals surface area contributed by atoms with Crippen LogP contribution in [0.1, 0.15) is 11.3 Å². The molecule has 152 valence electrons. The first-order valence-corrected chi connectivity index (χ1v) is 9.90. The van der Waals surface area contributed by atoms with E-state index in [1.165, 1.54) is 24.6 Å². The number of esters is 1. The third kappa shape index (κ3) is 7.21. The standard InChI is InChI=1S/C22H17IN2O5/c23-17-5-9-19(10-6-17)29-15-21(26)25-24-14-16-3-7-20(8-4-16)30-22(27)12-11-18-2-1-13-28-18/h1-14H,15H2,(H,25,26)/b12-11+,24-14+. The van der Waals surface area contributed by atoms with Gasteiger partial charge < -0.3 is 13.9 Å². The molecule has 0 atom stereocenters. The van der Waals surface area contributed by atoms with Crippen LogP contribution >= 0.6 is 22.6 Å². The first-order chi connectivity index (χ1) is 14.6. The van der Waals surface area contributed by atoms with E-state index in [4.69, 9.17) is 13.9 Å². The third-order valence-corrected chi connectivity index (χ3v) is 4.33. The molecule has 0 spiro atoms. The van der Waals surface area contributed by atoms with Crippen LogP contribution in [0.15, 0.2) is 82.5 Å². The Balaban J connectivity index is 1.42. The quantitative estimate of drug-likeness (QED) is 0.122. The smallest absolute Gasteiger partial charge is 0.336 e. The minimum Gasteiger partial charge on any atom is -0.484 e. The molecule has 3 rings (SSSR count). The van der Waals surface area contributed by atoms with Crippen LogP contribution in [0.4, 0.5) is 0 Å². The van der Waals surface area contributed by atoms with Gasteiger partial charge in [-0.1, -0.05) is 0 Å². The van der Waals surface area contributed by atoms with Crippen molar-refractivity contribution in [2.24, 2.45) is 5.10 Å². The van der Waals surface area contributed by atoms with Crippen LogP contribution in [0, 0.1) is 3.57 Å². The van der Waals surface area contributed by atoms with Crippen LogP contribution in [0.2, 0.25) is 0 Å². The average molecular weight is 516 g/mol. The highest BCUT2D eigenvalue weighted by Gasteiger charge is 2.03. The number of rotatable bonds is 8. The second-order valence-corrected chi connectivity index (χ2v) is 7.12. The number of carbonyl (C=O) groups excluding carboxylic acids is 2. The molecule has 0 aliphatic heterocycles. The predicted molar refractivity (Wildman–Crippen MR) is 120 cm³/mol. The van der Waals surface area contributed by atoms with Crippen LogP contribution < -0.4 is 14.9 Å². The number of amides is 1. The second kappa shape index (κ2) is 11.0. The van der Waals surface area contributed by atoms with Gasteiger partial charge in [-0.05, 0) is 94.9 Å². The van der Waals surface area contributed by atoms with Crippen LogP contribution in [0.3, 0.4) is 0 Å². The normalized spacial score (nSPS) is 11.0. The van der Waals surface area contributed by atoms with Crippen molar-refractivity contribution >= 4 is 46.8 Å². The van der Waals surface area contributed by atoms with Crippen LogP contribution in [-0.4, -0.2) is 24.7 Å². The molecule has 0 saturated carbocycles. The Morgan fingerprint density at radius 2 is 1.77 bits per heavy atom. The second-order valence-electron chi connectivity index (χ2n) is 5.87. The monoisotopic (exact) mass is 516 g/mol. The molecule has 30 heavy (non-hydrogen) atoms. The molecule has 0 radical (unpaired) electrons. The summed E-state index contributed by atoms with van der Waals surface area (Å²) in [6.45, 7) is -0.141. The Morgan fingerprint density at radius 1 is 1.03 bits per heavy atom. The zero-order valence-corrected chi connectivity index (χ0v) is 17.8. The fraction of sp³-hybridized carbons (Fsp3) is 0.0455. The van der Waals surface area contributed by atoms with Crippen molar-refractivity contribution in [2.45, 2.75) is 0 Å². The Bertz CT molecular complexity index is 1030. The molecule has 0 bridgehead atoms. The highest BCUT2D eigenvalue weighted by molar-refractivity contribution is 14.1. The van der Waals surface area contributed by atoms with Gasteiger partial charge in [-0.3, -0.25) is 4.79 Å². The summed E-state index contributed by atoms with van der Waals surface area (Å²) in [5.41, 5.74) is 3.11. The van der Waals surface area contributed by atoms with Gasteiger partial charge in [0.05, 0.1) is 12.5 Å². The summed E-state index contributed by atoms with van der Waals surface area (Å²) >= 11 is 2.19. The molecule has 8 heteroatoms. The SMILES string of the molecule is O=C(COc1ccc(I)cc1)N/N=C/c1ccc(OC(=O)/C=C/c2ccco2)cc1. The Labute approximate surface area is 186 Å². The third-order valence-electron chi connectivity index (χ3n) is 3.61. The number of halogens is 1. The van der Waals surface area contributed by atoms with Crippen molar-refractivity contribution in [1.82, 2.24) is 5.43 Å². The molecule has 1 aromatic heterocycles. The van der Waals surface area contributed by atoms with Crippen molar-refractivity contribution < 1.29 is 23.5 Å². The first-order valence-electron chi connectivity index (χ1n) is 8.82. The van der Waals surface area contributed by atoms with Crippen LogP contribution in [-0.2, 0) is 9.59 Å². The maximum Gasteiger partial charge on any atom is 0.336 e. The van der Waals surface area contributed by atoms with E-state index in [9.17, 15) is 9.59 Å². The predicted octanol–water partition coefficient (Wildman–Crippen LogP) is 4.03. The fourth-order valence-electron chi connectivity index (χ4n) is 2.20. The van der Waals surface area contributed by atoms with Crippen molar-refractivity contribution in [3.05, 3.63) is 87.9 Å². The van der Waals surface area contributed by atoms with Crippen LogP contribution in [0.5, 0.6) is 11.5 Å². The van der Waals surface area contributed by atoms with Gasteiger partial charge in [0.25, 0.3) is 5.91 Å². The number of ether oxygens (including phenoxy) is 2. The average Bonchev–Trinajstić information content (AvgIpc) is 3.27. The number of carbonyl (C=O) groups is 2. The molecule has 3 aromatic rings. The maximum absolute atomic E-state index is 11.8. The van der Waals surface area contributed by atoms with Crippen molar-refractivity contribution in [2.75, 3.05) is 6.61 Å². The Kier molecular flexibility index (Phi) is 7.78. The van der Waals surface area contributed by atoms with E-state index in [1.807, 2.05) is 12.1 Å². The highest BCUT2D eigenvalue weighted by atomic mass is 127. The molecule has 0 saturated heterocycles. The molecular formula is C22H17IN2O5. The summed E-state index contributed by atoms with van der Waals surface area (Å²) in [5.74, 6) is 0.659. The molecule has 0 aliphatic carbocycles. The zero-order valence-electron chi connectivity index (χ0n) is 15.7. The summed E-state index contributed by atoms with van der Waals surface area (Å²) in [6.07, 6.45) is 5.80. The number of hydrogen-bond acceptors (Lipinski definition) is 6. The number of nitrogens with zero attached hydrogens (tertiary/aromatic N) is 1. The van der Waals surface area contributed by atoms with Gasteiger partial charge in [0.2, 0.25) is 0 Å². The lowest BCUT2D eigenvalue weighted by atomic mass is 10.2. The lowest BCUT2D eigenvalue weighted by Gasteiger charge is -2.05. The summed E-state index contributed by atoms with van der Waals surface area (Å²) in [5, 5.41) is 3.88. The molecule has 1 heterocycles. The van der Waals surface area contributed by atoms with Crippen molar-refractivity contribution in [1.29, 1.82) is 0 Å². The molecule has 1 amide bonds. The summed E-state index contributed by atoms with van der Waals surface area (Å²) < 4.78 is 16.7. The summed E-state index contributed by atoms with van der Waals surface area (Å²) in [4.78, 5) is 23.6. The zero-order chi connectivity index (χ0) is 21.2. The van der Waals surface area contributed by atoms with Crippen LogP contribution in [0.25, 0.3) is 6.08 Å². The highest BCUT2D eigenvalue weighted by Crippen LogP contribution is 2.13. The first kappa shape index (κ1) is 21.3. The lowest BCUT2D eigenvalue weighted by molar-refractivity contribution is -0.129. The lowest BCUT2D eigenvalue weighted by Crippen LogP contribution is -2.24. The van der Waals surface area contributed by atoms with E-state index in [0.29, 0.717) is 17.3 Å². The summed E-state index contributed by atoms with van der Waals surface area (Å²) in [6, 6.07) is 17.5. The number of benzene rings is 2. The van der Waals surface area contributed by atoms with Gasteiger partial charge in [0.1, 0.15) is 17.3 Å². The minimum absolute atomic E-state index is 0.141. The largest absolute Gasteiger partial charge is 0.484 e. The molecule has 2 aromatic carbocycles. The van der Waals surface area contributed by atoms with Gasteiger partial charge >= 0.3 is 5.97 Å². The van der Waals surface area contributed by atoms with E-state index in [2.05, 4.69) is 33.1 Å². The number of hydrazone groups is 1. The Morgan fingerprint density at radius 3 is 2.47 bits per heavy atom. The molecular weight excluding hydrogens is 499 g/mol. The van der Waals surface area contributed by atoms with Gasteiger partial charge in [0, 0.05) is 9.65 Å². The molecule has 0 fully saturated rings. The number of nitrogens with one attached hydrogen (secondary N) is 1. The molecule has 7 nitrogen and oxygen atoms in total. The van der Waals surface area contributed by atoms with Gasteiger partial charge in [-0.25, -0.2) is 10.2 Å².